The Morgan fingerprint density at radius 3 is 2.80 bits per heavy atom. The Bertz CT molecular complexity index is 563. The molecule has 0 aliphatic carbocycles. The predicted molar refractivity (Wildman–Crippen MR) is 73.0 cm³/mol. The highest BCUT2D eigenvalue weighted by atomic mass is 16.5. The molecular weight excluding hydrogens is 258 g/mol. The van der Waals surface area contributed by atoms with E-state index in [1.807, 2.05) is 31.2 Å². The molecule has 0 saturated carbocycles. The van der Waals surface area contributed by atoms with E-state index in [4.69, 9.17) is 9.63 Å². The first kappa shape index (κ1) is 14.2. The maximum atomic E-state index is 10.3. The van der Waals surface area contributed by atoms with Gasteiger partial charge in [0.25, 0.3) is 5.89 Å². The number of carboxylic acids is 1. The molecule has 0 unspecified atom stereocenters. The van der Waals surface area contributed by atoms with Crippen LogP contribution < -0.4 is 5.32 Å². The second-order valence-electron chi connectivity index (χ2n) is 4.56. The van der Waals surface area contributed by atoms with Crippen molar-refractivity contribution in [3.8, 4) is 11.5 Å². The average molecular weight is 275 g/mol. The van der Waals surface area contributed by atoms with Gasteiger partial charge in [0.2, 0.25) is 0 Å². The van der Waals surface area contributed by atoms with Gasteiger partial charge in [0.05, 0.1) is 6.54 Å². The van der Waals surface area contributed by atoms with Gasteiger partial charge < -0.3 is 14.9 Å². The van der Waals surface area contributed by atoms with Gasteiger partial charge in [0.1, 0.15) is 0 Å². The summed E-state index contributed by atoms with van der Waals surface area (Å²) in [5, 5.41) is 15.5. The molecule has 1 aromatic carbocycles. The zero-order chi connectivity index (χ0) is 14.4. The van der Waals surface area contributed by atoms with Crippen LogP contribution in [-0.4, -0.2) is 27.8 Å². The topological polar surface area (TPSA) is 88.2 Å². The van der Waals surface area contributed by atoms with Crippen LogP contribution in [-0.2, 0) is 11.3 Å². The summed E-state index contributed by atoms with van der Waals surface area (Å²) in [6.07, 6.45) is 0.742. The lowest BCUT2D eigenvalue weighted by molar-refractivity contribution is -0.137. The minimum atomic E-state index is -0.784. The van der Waals surface area contributed by atoms with Crippen LogP contribution in [0.3, 0.4) is 0 Å². The van der Waals surface area contributed by atoms with Crippen LogP contribution in [0.2, 0.25) is 0 Å². The third kappa shape index (κ3) is 4.17. The van der Waals surface area contributed by atoms with E-state index in [9.17, 15) is 4.79 Å². The van der Waals surface area contributed by atoms with E-state index in [1.54, 1.807) is 0 Å². The van der Waals surface area contributed by atoms with Gasteiger partial charge in [0.15, 0.2) is 5.82 Å². The minimum absolute atomic E-state index is 0.161. The second-order valence-corrected chi connectivity index (χ2v) is 4.56. The maximum Gasteiger partial charge on any atom is 0.303 e. The molecule has 0 saturated heterocycles. The van der Waals surface area contributed by atoms with Crippen molar-refractivity contribution in [2.45, 2.75) is 26.3 Å². The standard InChI is InChI=1S/C14H17N3O3/c1-10-4-6-11(7-5-10)14-16-12(17-20-14)9-15-8-2-3-13(18)19/h4-7,15H,2-3,8-9H2,1H3,(H,18,19). The Labute approximate surface area is 116 Å². The Kier molecular flexibility index (Phi) is 4.84. The molecule has 1 heterocycles. The highest BCUT2D eigenvalue weighted by molar-refractivity contribution is 5.66. The lowest BCUT2D eigenvalue weighted by atomic mass is 10.1. The molecule has 0 fully saturated rings. The summed E-state index contributed by atoms with van der Waals surface area (Å²) in [6.45, 7) is 3.10. The van der Waals surface area contributed by atoms with Crippen LogP contribution in [0, 0.1) is 6.92 Å². The van der Waals surface area contributed by atoms with Gasteiger partial charge in [-0.3, -0.25) is 4.79 Å². The van der Waals surface area contributed by atoms with E-state index >= 15 is 0 Å². The predicted octanol–water partition coefficient (Wildman–Crippen LogP) is 2.00. The molecule has 2 N–H and O–H groups in total. The van der Waals surface area contributed by atoms with Gasteiger partial charge >= 0.3 is 5.97 Å². The van der Waals surface area contributed by atoms with Crippen LogP contribution in [0.1, 0.15) is 24.2 Å². The summed E-state index contributed by atoms with van der Waals surface area (Å²) in [6, 6.07) is 7.85. The smallest absolute Gasteiger partial charge is 0.303 e. The van der Waals surface area contributed by atoms with Crippen molar-refractivity contribution in [1.82, 2.24) is 15.5 Å². The summed E-state index contributed by atoms with van der Waals surface area (Å²) < 4.78 is 5.19. The van der Waals surface area contributed by atoms with Crippen molar-refractivity contribution in [1.29, 1.82) is 0 Å². The Hall–Kier alpha value is -2.21. The maximum absolute atomic E-state index is 10.3. The summed E-state index contributed by atoms with van der Waals surface area (Å²) in [5.41, 5.74) is 2.06. The molecule has 0 amide bonds. The number of carbonyl (C=O) groups is 1. The molecule has 2 aromatic rings. The first-order valence-electron chi connectivity index (χ1n) is 6.47. The van der Waals surface area contributed by atoms with Crippen molar-refractivity contribution >= 4 is 5.97 Å². The van der Waals surface area contributed by atoms with E-state index in [0.29, 0.717) is 31.2 Å². The summed E-state index contributed by atoms with van der Waals surface area (Å²) in [7, 11) is 0. The Balaban J connectivity index is 1.83. The zero-order valence-electron chi connectivity index (χ0n) is 11.3. The van der Waals surface area contributed by atoms with Crippen molar-refractivity contribution in [3.63, 3.8) is 0 Å². The second kappa shape index (κ2) is 6.81. The van der Waals surface area contributed by atoms with E-state index in [0.717, 1.165) is 5.56 Å². The van der Waals surface area contributed by atoms with Gasteiger partial charge in [-0.25, -0.2) is 0 Å². The van der Waals surface area contributed by atoms with Crippen molar-refractivity contribution in [3.05, 3.63) is 35.7 Å². The summed E-state index contributed by atoms with van der Waals surface area (Å²) >= 11 is 0. The number of carboxylic acid groups (broad SMARTS) is 1. The van der Waals surface area contributed by atoms with E-state index in [2.05, 4.69) is 15.5 Å². The first-order chi connectivity index (χ1) is 9.65. The normalized spacial score (nSPS) is 10.7. The van der Waals surface area contributed by atoms with Crippen LogP contribution in [0.5, 0.6) is 0 Å². The van der Waals surface area contributed by atoms with Crippen LogP contribution in [0.4, 0.5) is 0 Å². The largest absolute Gasteiger partial charge is 0.481 e. The number of benzene rings is 1. The number of hydrogen-bond donors (Lipinski definition) is 2. The molecule has 0 spiro atoms. The molecule has 106 valence electrons. The van der Waals surface area contributed by atoms with Gasteiger partial charge in [-0.15, -0.1) is 0 Å². The number of aryl methyl sites for hydroxylation is 1. The third-order valence-electron chi connectivity index (χ3n) is 2.79. The lowest BCUT2D eigenvalue weighted by Gasteiger charge is -1.98. The van der Waals surface area contributed by atoms with Crippen molar-refractivity contribution in [2.24, 2.45) is 0 Å². The highest BCUT2D eigenvalue weighted by Gasteiger charge is 2.08. The quantitative estimate of drug-likeness (QED) is 0.751. The van der Waals surface area contributed by atoms with Gasteiger partial charge in [-0.1, -0.05) is 22.9 Å². The number of hydrogen-bond acceptors (Lipinski definition) is 5. The first-order valence-corrected chi connectivity index (χ1v) is 6.47. The molecule has 0 atom stereocenters. The van der Waals surface area contributed by atoms with E-state index < -0.39 is 5.97 Å². The zero-order valence-corrected chi connectivity index (χ0v) is 11.3. The molecular formula is C14H17N3O3. The SMILES string of the molecule is Cc1ccc(-c2nc(CNCCCC(=O)O)no2)cc1. The average Bonchev–Trinajstić information content (AvgIpc) is 2.87. The van der Waals surface area contributed by atoms with Crippen molar-refractivity contribution < 1.29 is 14.4 Å². The number of aromatic nitrogens is 2. The number of nitrogens with one attached hydrogen (secondary N) is 1. The molecule has 2 rings (SSSR count). The lowest BCUT2D eigenvalue weighted by Crippen LogP contribution is -2.16. The molecule has 0 aliphatic rings. The number of rotatable bonds is 7. The van der Waals surface area contributed by atoms with E-state index in [1.165, 1.54) is 5.56 Å². The fourth-order valence-electron chi connectivity index (χ4n) is 1.70. The molecule has 20 heavy (non-hydrogen) atoms. The molecule has 0 bridgehead atoms. The monoisotopic (exact) mass is 275 g/mol. The molecule has 0 radical (unpaired) electrons. The highest BCUT2D eigenvalue weighted by Crippen LogP contribution is 2.17. The summed E-state index contributed by atoms with van der Waals surface area (Å²) in [5.74, 6) is 0.274. The number of nitrogens with zero attached hydrogens (tertiary/aromatic N) is 2. The minimum Gasteiger partial charge on any atom is -0.481 e. The summed E-state index contributed by atoms with van der Waals surface area (Å²) in [4.78, 5) is 14.6. The van der Waals surface area contributed by atoms with Gasteiger partial charge in [-0.05, 0) is 32.0 Å². The van der Waals surface area contributed by atoms with Crippen LogP contribution >= 0.6 is 0 Å². The third-order valence-corrected chi connectivity index (χ3v) is 2.79. The molecule has 6 nitrogen and oxygen atoms in total. The number of aliphatic carboxylic acids is 1. The molecule has 1 aromatic heterocycles. The van der Waals surface area contributed by atoms with Crippen LogP contribution in [0.25, 0.3) is 11.5 Å². The molecule has 0 aliphatic heterocycles. The van der Waals surface area contributed by atoms with E-state index in [-0.39, 0.29) is 6.42 Å². The Morgan fingerprint density at radius 1 is 1.35 bits per heavy atom. The molecule has 6 heteroatoms. The van der Waals surface area contributed by atoms with Crippen molar-refractivity contribution in [2.75, 3.05) is 6.54 Å². The van der Waals surface area contributed by atoms with Gasteiger partial charge in [-0.2, -0.15) is 4.98 Å². The fraction of sp³-hybridized carbons (Fsp3) is 0.357. The fourth-order valence-corrected chi connectivity index (χ4v) is 1.70. The van der Waals surface area contributed by atoms with Crippen LogP contribution in [0.15, 0.2) is 28.8 Å². The Morgan fingerprint density at radius 2 is 2.10 bits per heavy atom. The van der Waals surface area contributed by atoms with Gasteiger partial charge in [0, 0.05) is 12.0 Å².